The van der Waals surface area contributed by atoms with Crippen LogP contribution >= 0.6 is 0 Å². The molecule has 2 aromatic carbocycles. The monoisotopic (exact) mass is 298 g/mol. The zero-order chi connectivity index (χ0) is 15.9. The van der Waals surface area contributed by atoms with Gasteiger partial charge in [-0.05, 0) is 5.56 Å². The molecule has 22 heavy (non-hydrogen) atoms. The quantitative estimate of drug-likeness (QED) is 0.671. The minimum absolute atomic E-state index is 0.151. The van der Waals surface area contributed by atoms with E-state index in [1.807, 2.05) is 0 Å². The number of benzene rings is 2. The molecule has 3 aromatic rings. The molecule has 0 radical (unpaired) electrons. The fourth-order valence-corrected chi connectivity index (χ4v) is 2.30. The highest BCUT2D eigenvalue weighted by atomic mass is 16.4. The normalized spacial score (nSPS) is 10.7. The van der Waals surface area contributed by atoms with E-state index in [9.17, 15) is 24.9 Å². The third-order valence-corrected chi connectivity index (χ3v) is 3.22. The van der Waals surface area contributed by atoms with Gasteiger partial charge in [0.1, 0.15) is 22.5 Å². The number of aromatic carboxylic acids is 1. The summed E-state index contributed by atoms with van der Waals surface area (Å²) in [5.41, 5.74) is -0.661. The molecule has 0 fully saturated rings. The minimum Gasteiger partial charge on any atom is -0.508 e. The maximum atomic E-state index is 12.6. The first-order valence-corrected chi connectivity index (χ1v) is 6.30. The summed E-state index contributed by atoms with van der Waals surface area (Å²) in [6.45, 7) is 0. The van der Waals surface area contributed by atoms with Crippen LogP contribution in [0.2, 0.25) is 0 Å². The Morgan fingerprint density at radius 3 is 2.36 bits per heavy atom. The molecular weight excluding hydrogens is 288 g/mol. The number of fused-ring (bicyclic) bond motifs is 1. The van der Waals surface area contributed by atoms with Crippen molar-refractivity contribution in [3.8, 4) is 22.6 Å². The minimum atomic E-state index is -1.42. The van der Waals surface area contributed by atoms with Crippen molar-refractivity contribution in [2.24, 2.45) is 0 Å². The molecule has 0 aliphatic carbocycles. The van der Waals surface area contributed by atoms with Gasteiger partial charge >= 0.3 is 5.97 Å². The van der Waals surface area contributed by atoms with Crippen LogP contribution < -0.4 is 5.43 Å². The van der Waals surface area contributed by atoms with Gasteiger partial charge in [0, 0.05) is 12.1 Å². The van der Waals surface area contributed by atoms with Crippen molar-refractivity contribution in [2.45, 2.75) is 0 Å². The number of hydrogen-bond acceptors (Lipinski definition) is 5. The van der Waals surface area contributed by atoms with E-state index in [-0.39, 0.29) is 22.3 Å². The molecule has 6 heteroatoms. The third kappa shape index (κ3) is 2.07. The van der Waals surface area contributed by atoms with Crippen molar-refractivity contribution in [2.75, 3.05) is 0 Å². The third-order valence-electron chi connectivity index (χ3n) is 3.22. The van der Waals surface area contributed by atoms with E-state index in [2.05, 4.69) is 0 Å². The second-order valence-electron chi connectivity index (χ2n) is 4.64. The molecule has 110 valence electrons. The molecule has 0 amide bonds. The van der Waals surface area contributed by atoms with Crippen LogP contribution in [0.1, 0.15) is 10.6 Å². The highest BCUT2D eigenvalue weighted by Crippen LogP contribution is 2.31. The van der Waals surface area contributed by atoms with Crippen LogP contribution in [0.5, 0.6) is 11.5 Å². The first-order chi connectivity index (χ1) is 10.5. The fourth-order valence-electron chi connectivity index (χ4n) is 2.30. The lowest BCUT2D eigenvalue weighted by molar-refractivity contribution is 0.0664. The molecule has 3 rings (SSSR count). The molecule has 1 heterocycles. The summed E-state index contributed by atoms with van der Waals surface area (Å²) < 4.78 is 5.23. The van der Waals surface area contributed by atoms with Gasteiger partial charge in [0.15, 0.2) is 0 Å². The molecule has 0 saturated carbocycles. The van der Waals surface area contributed by atoms with Crippen LogP contribution in [0, 0.1) is 0 Å². The van der Waals surface area contributed by atoms with Crippen LogP contribution in [-0.2, 0) is 0 Å². The summed E-state index contributed by atoms with van der Waals surface area (Å²) in [6, 6.07) is 10.3. The molecule has 0 saturated heterocycles. The maximum absolute atomic E-state index is 12.6. The SMILES string of the molecule is O=C(O)c1oc2cc(O)cc(O)c2c(=O)c1-c1ccccc1. The molecule has 0 unspecified atom stereocenters. The van der Waals surface area contributed by atoms with Gasteiger partial charge in [-0.25, -0.2) is 4.79 Å². The standard InChI is InChI=1S/C16H10O6/c17-9-6-10(18)13-11(7-9)22-15(16(20)21)12(14(13)19)8-4-2-1-3-5-8/h1-7,17-18H,(H,20,21). The van der Waals surface area contributed by atoms with Gasteiger partial charge in [-0.15, -0.1) is 0 Å². The second kappa shape index (κ2) is 4.92. The first kappa shape index (κ1) is 13.7. The average Bonchev–Trinajstić information content (AvgIpc) is 2.46. The molecular formula is C16H10O6. The van der Waals surface area contributed by atoms with Gasteiger partial charge in [-0.2, -0.15) is 0 Å². The Balaban J connectivity index is 2.50. The van der Waals surface area contributed by atoms with Crippen molar-refractivity contribution in [3.63, 3.8) is 0 Å². The number of carboxylic acid groups (broad SMARTS) is 1. The highest BCUT2D eigenvalue weighted by Gasteiger charge is 2.23. The molecule has 6 nitrogen and oxygen atoms in total. The number of carboxylic acids is 1. The first-order valence-electron chi connectivity index (χ1n) is 6.30. The zero-order valence-corrected chi connectivity index (χ0v) is 11.1. The Morgan fingerprint density at radius 1 is 1.05 bits per heavy atom. The van der Waals surface area contributed by atoms with Gasteiger partial charge in [0.05, 0.1) is 5.56 Å². The van der Waals surface area contributed by atoms with E-state index in [0.717, 1.165) is 12.1 Å². The van der Waals surface area contributed by atoms with E-state index in [1.165, 1.54) is 0 Å². The topological polar surface area (TPSA) is 108 Å². The van der Waals surface area contributed by atoms with E-state index in [4.69, 9.17) is 4.42 Å². The van der Waals surface area contributed by atoms with E-state index >= 15 is 0 Å². The van der Waals surface area contributed by atoms with Crippen molar-refractivity contribution in [1.29, 1.82) is 0 Å². The Kier molecular flexibility index (Phi) is 3.06. The van der Waals surface area contributed by atoms with E-state index < -0.39 is 22.9 Å². The molecule has 0 bridgehead atoms. The number of rotatable bonds is 2. The van der Waals surface area contributed by atoms with Gasteiger partial charge in [-0.3, -0.25) is 4.79 Å². The number of hydrogen-bond donors (Lipinski definition) is 3. The van der Waals surface area contributed by atoms with Crippen molar-refractivity contribution >= 4 is 16.9 Å². The van der Waals surface area contributed by atoms with Crippen LogP contribution in [0.25, 0.3) is 22.1 Å². The fraction of sp³-hybridized carbons (Fsp3) is 0. The molecule has 0 aliphatic rings. The average molecular weight is 298 g/mol. The van der Waals surface area contributed by atoms with E-state index in [1.54, 1.807) is 30.3 Å². The van der Waals surface area contributed by atoms with Gasteiger partial charge in [-0.1, -0.05) is 30.3 Å². The molecule has 3 N–H and O–H groups in total. The summed E-state index contributed by atoms with van der Waals surface area (Å²) in [5, 5.41) is 28.4. The van der Waals surface area contributed by atoms with Crippen LogP contribution in [0.3, 0.4) is 0 Å². The summed E-state index contributed by atoms with van der Waals surface area (Å²) >= 11 is 0. The summed E-state index contributed by atoms with van der Waals surface area (Å²) in [5.74, 6) is -2.77. The summed E-state index contributed by atoms with van der Waals surface area (Å²) in [4.78, 5) is 24.0. The van der Waals surface area contributed by atoms with Crippen LogP contribution in [-0.4, -0.2) is 21.3 Å². The van der Waals surface area contributed by atoms with E-state index in [0.29, 0.717) is 5.56 Å². The zero-order valence-electron chi connectivity index (χ0n) is 11.1. The van der Waals surface area contributed by atoms with Crippen molar-refractivity contribution in [3.05, 3.63) is 58.4 Å². The van der Waals surface area contributed by atoms with Gasteiger partial charge in [0.2, 0.25) is 11.2 Å². The summed E-state index contributed by atoms with van der Waals surface area (Å²) in [7, 11) is 0. The molecule has 0 spiro atoms. The number of phenols is 2. The number of carbonyl (C=O) groups is 1. The maximum Gasteiger partial charge on any atom is 0.372 e. The predicted octanol–water partition coefficient (Wildman–Crippen LogP) is 2.57. The van der Waals surface area contributed by atoms with Gasteiger partial charge < -0.3 is 19.7 Å². The van der Waals surface area contributed by atoms with Crippen LogP contribution in [0.4, 0.5) is 0 Å². The van der Waals surface area contributed by atoms with Gasteiger partial charge in [0.25, 0.3) is 0 Å². The molecule has 0 aliphatic heterocycles. The lowest BCUT2D eigenvalue weighted by atomic mass is 10.0. The molecule has 0 atom stereocenters. The smallest absolute Gasteiger partial charge is 0.372 e. The van der Waals surface area contributed by atoms with Crippen molar-refractivity contribution < 1.29 is 24.5 Å². The Morgan fingerprint density at radius 2 is 1.73 bits per heavy atom. The Bertz CT molecular complexity index is 940. The number of phenolic OH excluding ortho intramolecular Hbond substituents is 2. The largest absolute Gasteiger partial charge is 0.508 e. The van der Waals surface area contributed by atoms with Crippen molar-refractivity contribution in [1.82, 2.24) is 0 Å². The van der Waals surface area contributed by atoms with Crippen LogP contribution in [0.15, 0.2) is 51.7 Å². The lowest BCUT2D eigenvalue weighted by Gasteiger charge is -2.08. The predicted molar refractivity (Wildman–Crippen MR) is 78.2 cm³/mol. The number of aromatic hydroxyl groups is 2. The Hall–Kier alpha value is -3.28. The molecule has 1 aromatic heterocycles. The second-order valence-corrected chi connectivity index (χ2v) is 4.64. The summed E-state index contributed by atoms with van der Waals surface area (Å²) in [6.07, 6.45) is 0. The Labute approximate surface area is 123 Å². The highest BCUT2D eigenvalue weighted by molar-refractivity contribution is 5.98. The lowest BCUT2D eigenvalue weighted by Crippen LogP contribution is -2.12.